The maximum absolute atomic E-state index is 13.9. The summed E-state index contributed by atoms with van der Waals surface area (Å²) in [5.41, 5.74) is 0.683. The molecule has 1 amide bonds. The van der Waals surface area contributed by atoms with Crippen LogP contribution in [0.15, 0.2) is 42.5 Å². The molecular weight excluding hydrogens is 394 g/mol. The quantitative estimate of drug-likeness (QED) is 0.443. The lowest BCUT2D eigenvalue weighted by atomic mass is 9.88. The van der Waals surface area contributed by atoms with Crippen molar-refractivity contribution < 1.29 is 14.3 Å². The van der Waals surface area contributed by atoms with Crippen LogP contribution < -0.4 is 0 Å². The van der Waals surface area contributed by atoms with Crippen LogP contribution in [0.4, 0.5) is 0 Å². The maximum Gasteiger partial charge on any atom is 0.329 e. The lowest BCUT2D eigenvalue weighted by molar-refractivity contribution is -0.148. The van der Waals surface area contributed by atoms with Gasteiger partial charge in [0.05, 0.1) is 12.0 Å². The van der Waals surface area contributed by atoms with Crippen molar-refractivity contribution >= 4 is 34.4 Å². The van der Waals surface area contributed by atoms with Gasteiger partial charge in [0.15, 0.2) is 0 Å². The number of carbonyl (C=O) groups excluding carboxylic acids is 2. The van der Waals surface area contributed by atoms with E-state index in [1.807, 2.05) is 47.4 Å². The number of hydrogen-bond acceptors (Lipinski definition) is 4. The number of fused-ring (bicyclic) bond motifs is 1. The molecule has 4 nitrogen and oxygen atoms in total. The Balaban J connectivity index is 1.65. The van der Waals surface area contributed by atoms with Crippen LogP contribution in [0.2, 0.25) is 0 Å². The topological polar surface area (TPSA) is 46.6 Å². The summed E-state index contributed by atoms with van der Waals surface area (Å²) in [6, 6.07) is 13.3. The lowest BCUT2D eigenvalue weighted by Gasteiger charge is -2.35. The van der Waals surface area contributed by atoms with Gasteiger partial charge in [-0.2, -0.15) is 0 Å². The van der Waals surface area contributed by atoms with Gasteiger partial charge in [-0.3, -0.25) is 4.79 Å². The molecule has 1 aliphatic heterocycles. The Morgan fingerprint density at radius 2 is 1.83 bits per heavy atom. The summed E-state index contributed by atoms with van der Waals surface area (Å²) in [5, 5.41) is 2.05. The summed E-state index contributed by atoms with van der Waals surface area (Å²) < 4.78 is 5.56. The zero-order chi connectivity index (χ0) is 20.9. The number of hydrogen-bond donors (Lipinski definition) is 0. The maximum atomic E-state index is 13.9. The van der Waals surface area contributed by atoms with Gasteiger partial charge in [-0.15, -0.1) is 11.8 Å². The number of thioether (sulfide) groups is 1. The molecule has 1 saturated heterocycles. The normalized spacial score (nSPS) is 22.4. The first kappa shape index (κ1) is 21.2. The number of carbonyl (C=O) groups is 2. The highest BCUT2D eigenvalue weighted by molar-refractivity contribution is 8.00. The van der Waals surface area contributed by atoms with Gasteiger partial charge in [-0.1, -0.05) is 69.0 Å². The Bertz CT molecular complexity index is 888. The highest BCUT2D eigenvalue weighted by Gasteiger charge is 2.46. The number of ether oxygens (including phenoxy) is 1. The molecule has 2 atom stereocenters. The van der Waals surface area contributed by atoms with Crippen molar-refractivity contribution in [3.05, 3.63) is 48.0 Å². The number of unbranched alkanes of at least 4 members (excludes halogenated alkanes) is 1. The fourth-order valence-electron chi connectivity index (χ4n) is 4.71. The van der Waals surface area contributed by atoms with Crippen molar-refractivity contribution in [2.24, 2.45) is 5.92 Å². The zero-order valence-electron chi connectivity index (χ0n) is 17.7. The fraction of sp³-hybridized carbons (Fsp3) is 0.520. The number of benzene rings is 2. The summed E-state index contributed by atoms with van der Waals surface area (Å²) in [5.74, 6) is 0.798. The third kappa shape index (κ3) is 4.36. The Hall–Kier alpha value is -2.01. The van der Waals surface area contributed by atoms with Gasteiger partial charge in [0.1, 0.15) is 6.04 Å². The average molecular weight is 426 g/mol. The number of nitrogens with zero attached hydrogens (tertiary/aromatic N) is 1. The average Bonchev–Trinajstić information content (AvgIpc) is 3.24. The van der Waals surface area contributed by atoms with Gasteiger partial charge in [-0.25, -0.2) is 4.79 Å². The van der Waals surface area contributed by atoms with Crippen LogP contribution in [0.3, 0.4) is 0 Å². The largest absolute Gasteiger partial charge is 0.464 e. The molecule has 1 saturated carbocycles. The molecule has 0 N–H and O–H groups in total. The van der Waals surface area contributed by atoms with E-state index in [0.717, 1.165) is 36.5 Å². The molecule has 0 spiro atoms. The first-order valence-electron chi connectivity index (χ1n) is 11.3. The van der Waals surface area contributed by atoms with Crippen LogP contribution in [-0.2, 0) is 9.53 Å². The Morgan fingerprint density at radius 1 is 1.07 bits per heavy atom. The first-order valence-corrected chi connectivity index (χ1v) is 12.3. The predicted octanol–water partition coefficient (Wildman–Crippen LogP) is 5.65. The van der Waals surface area contributed by atoms with E-state index in [2.05, 4.69) is 6.92 Å². The molecule has 160 valence electrons. The van der Waals surface area contributed by atoms with E-state index >= 15 is 0 Å². The molecule has 30 heavy (non-hydrogen) atoms. The molecule has 2 aromatic carbocycles. The fourth-order valence-corrected chi connectivity index (χ4v) is 6.34. The molecule has 1 heterocycles. The van der Waals surface area contributed by atoms with E-state index in [4.69, 9.17) is 4.74 Å². The molecule has 2 aliphatic rings. The number of esters is 1. The minimum Gasteiger partial charge on any atom is -0.464 e. The molecule has 2 fully saturated rings. The Kier molecular flexibility index (Phi) is 6.98. The first-order chi connectivity index (χ1) is 14.7. The molecular formula is C25H31NO3S. The summed E-state index contributed by atoms with van der Waals surface area (Å²) in [4.78, 5) is 28.7. The highest BCUT2D eigenvalue weighted by Crippen LogP contribution is 2.41. The second kappa shape index (κ2) is 9.86. The van der Waals surface area contributed by atoms with Crippen LogP contribution in [0.5, 0.6) is 0 Å². The minimum atomic E-state index is -0.495. The third-order valence-electron chi connectivity index (χ3n) is 6.36. The lowest BCUT2D eigenvalue weighted by Crippen LogP contribution is -2.48. The van der Waals surface area contributed by atoms with E-state index in [9.17, 15) is 9.59 Å². The summed E-state index contributed by atoms with van der Waals surface area (Å²) >= 11 is 1.77. The van der Waals surface area contributed by atoms with E-state index < -0.39 is 6.04 Å². The van der Waals surface area contributed by atoms with Gasteiger partial charge >= 0.3 is 5.97 Å². The Labute approximate surface area is 183 Å². The molecule has 5 heteroatoms. The van der Waals surface area contributed by atoms with Gasteiger partial charge in [0.25, 0.3) is 5.91 Å². The van der Waals surface area contributed by atoms with Crippen molar-refractivity contribution in [1.29, 1.82) is 0 Å². The second-order valence-electron chi connectivity index (χ2n) is 8.40. The van der Waals surface area contributed by atoms with Crippen LogP contribution in [0, 0.1) is 5.92 Å². The van der Waals surface area contributed by atoms with Gasteiger partial charge < -0.3 is 9.64 Å². The van der Waals surface area contributed by atoms with Crippen molar-refractivity contribution in [2.45, 2.75) is 63.3 Å². The van der Waals surface area contributed by atoms with Gasteiger partial charge in [0.2, 0.25) is 0 Å². The van der Waals surface area contributed by atoms with Crippen molar-refractivity contribution in [1.82, 2.24) is 4.90 Å². The molecule has 0 radical (unpaired) electrons. The van der Waals surface area contributed by atoms with E-state index in [-0.39, 0.29) is 17.3 Å². The van der Waals surface area contributed by atoms with Gasteiger partial charge in [0, 0.05) is 11.3 Å². The number of rotatable bonds is 6. The molecule has 4 rings (SSSR count). The van der Waals surface area contributed by atoms with Crippen molar-refractivity contribution in [3.63, 3.8) is 0 Å². The van der Waals surface area contributed by atoms with E-state index in [1.165, 1.54) is 19.3 Å². The highest BCUT2D eigenvalue weighted by atomic mass is 32.2. The summed E-state index contributed by atoms with van der Waals surface area (Å²) in [6.45, 7) is 2.51. The molecule has 1 aliphatic carbocycles. The SMILES string of the molecule is CCCCOC(=O)C1CSC(C2CCCCC2)N1C(=O)c1cccc2ccccc12. The van der Waals surface area contributed by atoms with E-state index in [1.54, 1.807) is 11.8 Å². The zero-order valence-corrected chi connectivity index (χ0v) is 18.5. The second-order valence-corrected chi connectivity index (χ2v) is 9.55. The van der Waals surface area contributed by atoms with Crippen LogP contribution >= 0.6 is 11.8 Å². The van der Waals surface area contributed by atoms with Crippen molar-refractivity contribution in [3.8, 4) is 0 Å². The summed E-state index contributed by atoms with van der Waals surface area (Å²) in [7, 11) is 0. The van der Waals surface area contributed by atoms with Gasteiger partial charge in [-0.05, 0) is 42.0 Å². The van der Waals surface area contributed by atoms with Crippen LogP contribution in [0.25, 0.3) is 10.8 Å². The molecule has 0 aromatic heterocycles. The molecule has 2 aromatic rings. The smallest absolute Gasteiger partial charge is 0.329 e. The molecule has 0 bridgehead atoms. The van der Waals surface area contributed by atoms with Crippen LogP contribution in [-0.4, -0.2) is 40.6 Å². The van der Waals surface area contributed by atoms with Crippen LogP contribution in [0.1, 0.15) is 62.2 Å². The Morgan fingerprint density at radius 3 is 2.63 bits per heavy atom. The summed E-state index contributed by atoms with van der Waals surface area (Å²) in [6.07, 6.45) is 7.80. The third-order valence-corrected chi connectivity index (χ3v) is 7.82. The predicted molar refractivity (Wildman–Crippen MR) is 123 cm³/mol. The minimum absolute atomic E-state index is 0.0372. The monoisotopic (exact) mass is 425 g/mol. The van der Waals surface area contributed by atoms with Crippen molar-refractivity contribution in [2.75, 3.05) is 12.4 Å². The van der Waals surface area contributed by atoms with E-state index in [0.29, 0.717) is 23.8 Å². The number of amides is 1. The molecule has 2 unspecified atom stereocenters. The standard InChI is InChI=1S/C25H31NO3S/c1-2-3-16-29-25(28)22-17-30-24(19-11-5-4-6-12-19)26(22)23(27)21-15-9-13-18-10-7-8-14-20(18)21/h7-10,13-15,19,22,24H,2-6,11-12,16-17H2,1H3.